The van der Waals surface area contributed by atoms with Gasteiger partial charge in [0.25, 0.3) is 11.6 Å². The highest BCUT2D eigenvalue weighted by molar-refractivity contribution is 6.07. The van der Waals surface area contributed by atoms with Gasteiger partial charge in [0.1, 0.15) is 5.82 Å². The zero-order valence-corrected chi connectivity index (χ0v) is 15.4. The van der Waals surface area contributed by atoms with Crippen molar-refractivity contribution >= 4 is 17.0 Å². The van der Waals surface area contributed by atoms with E-state index in [9.17, 15) is 9.18 Å². The van der Waals surface area contributed by atoms with Crippen LogP contribution in [0.2, 0.25) is 0 Å². The number of aromatic nitrogens is 2. The van der Waals surface area contributed by atoms with Crippen molar-refractivity contribution in [2.45, 2.75) is 19.9 Å². The van der Waals surface area contributed by atoms with E-state index in [0.29, 0.717) is 27.9 Å². The van der Waals surface area contributed by atoms with Gasteiger partial charge in [-0.25, -0.2) is 9.37 Å². The molecule has 1 atom stereocenters. The average Bonchev–Trinajstić information content (AvgIpc) is 3.09. The molecule has 1 unspecified atom stereocenters. The van der Waals surface area contributed by atoms with Crippen LogP contribution in [0.5, 0.6) is 0 Å². The number of aryl methyl sites for hydroxylation is 1. The van der Waals surface area contributed by atoms with Gasteiger partial charge < -0.3 is 9.84 Å². The molecule has 0 aliphatic carbocycles. The van der Waals surface area contributed by atoms with Crippen LogP contribution >= 0.6 is 0 Å². The molecule has 4 aromatic rings. The average molecular weight is 375 g/mol. The predicted octanol–water partition coefficient (Wildman–Crippen LogP) is 4.83. The molecule has 140 valence electrons. The first-order valence-electron chi connectivity index (χ1n) is 8.91. The molecular formula is C22H18FN3O2. The predicted molar refractivity (Wildman–Crippen MR) is 104 cm³/mol. The Morgan fingerprint density at radius 3 is 2.54 bits per heavy atom. The zero-order valence-electron chi connectivity index (χ0n) is 15.4. The van der Waals surface area contributed by atoms with Crippen molar-refractivity contribution in [1.29, 1.82) is 0 Å². The van der Waals surface area contributed by atoms with E-state index in [0.717, 1.165) is 5.56 Å². The number of fused-ring (bicyclic) bond motifs is 1. The maximum absolute atomic E-state index is 13.3. The van der Waals surface area contributed by atoms with Gasteiger partial charge in [-0.1, -0.05) is 35.5 Å². The van der Waals surface area contributed by atoms with Crippen molar-refractivity contribution in [2.75, 3.05) is 0 Å². The summed E-state index contributed by atoms with van der Waals surface area (Å²) in [7, 11) is 0. The van der Waals surface area contributed by atoms with Crippen molar-refractivity contribution < 1.29 is 13.7 Å². The number of hydrogen-bond donors (Lipinski definition) is 1. The van der Waals surface area contributed by atoms with E-state index in [2.05, 4.69) is 15.5 Å². The number of nitrogens with zero attached hydrogens (tertiary/aromatic N) is 2. The van der Waals surface area contributed by atoms with Gasteiger partial charge in [0.2, 0.25) is 0 Å². The SMILES string of the molecule is Cc1noc2nc(-c3ccc(F)cc3)cc(C(=O)NC(C)c3ccccc3)c12. The zero-order chi connectivity index (χ0) is 19.7. The van der Waals surface area contributed by atoms with E-state index in [1.54, 1.807) is 25.1 Å². The van der Waals surface area contributed by atoms with Crippen molar-refractivity contribution in [3.63, 3.8) is 0 Å². The second-order valence-electron chi connectivity index (χ2n) is 6.62. The quantitative estimate of drug-likeness (QED) is 0.555. The second-order valence-corrected chi connectivity index (χ2v) is 6.62. The molecule has 6 heteroatoms. The lowest BCUT2D eigenvalue weighted by Crippen LogP contribution is -2.27. The van der Waals surface area contributed by atoms with Crippen LogP contribution in [0.3, 0.4) is 0 Å². The molecule has 0 radical (unpaired) electrons. The molecule has 1 amide bonds. The van der Waals surface area contributed by atoms with Gasteiger partial charge in [0.05, 0.1) is 28.4 Å². The third kappa shape index (κ3) is 3.36. The van der Waals surface area contributed by atoms with E-state index in [4.69, 9.17) is 4.52 Å². The molecule has 0 spiro atoms. The maximum Gasteiger partial charge on any atom is 0.259 e. The number of amides is 1. The number of benzene rings is 2. The Labute approximate surface area is 161 Å². The number of carbonyl (C=O) groups excluding carboxylic acids is 1. The van der Waals surface area contributed by atoms with Gasteiger partial charge in [0, 0.05) is 5.56 Å². The lowest BCUT2D eigenvalue weighted by atomic mass is 10.0. The topological polar surface area (TPSA) is 68.0 Å². The molecule has 0 aliphatic heterocycles. The molecule has 0 bridgehead atoms. The largest absolute Gasteiger partial charge is 0.345 e. The summed E-state index contributed by atoms with van der Waals surface area (Å²) in [6.45, 7) is 3.69. The van der Waals surface area contributed by atoms with Crippen LogP contribution in [0.25, 0.3) is 22.4 Å². The third-order valence-electron chi connectivity index (χ3n) is 4.65. The summed E-state index contributed by atoms with van der Waals surface area (Å²) in [6.07, 6.45) is 0. The Morgan fingerprint density at radius 2 is 1.82 bits per heavy atom. The van der Waals surface area contributed by atoms with Crippen LogP contribution in [0.4, 0.5) is 4.39 Å². The van der Waals surface area contributed by atoms with E-state index < -0.39 is 0 Å². The lowest BCUT2D eigenvalue weighted by molar-refractivity contribution is 0.0941. The second kappa shape index (κ2) is 7.23. The molecule has 0 fully saturated rings. The summed E-state index contributed by atoms with van der Waals surface area (Å²) in [5.74, 6) is -0.589. The van der Waals surface area contributed by atoms with Crippen LogP contribution in [-0.4, -0.2) is 16.0 Å². The highest BCUT2D eigenvalue weighted by Gasteiger charge is 2.21. The van der Waals surface area contributed by atoms with Gasteiger partial charge in [-0.2, -0.15) is 0 Å². The highest BCUT2D eigenvalue weighted by atomic mass is 19.1. The molecule has 0 saturated carbocycles. The fourth-order valence-electron chi connectivity index (χ4n) is 3.14. The minimum absolute atomic E-state index is 0.175. The van der Waals surface area contributed by atoms with Crippen LogP contribution < -0.4 is 5.32 Å². The van der Waals surface area contributed by atoms with Gasteiger partial charge in [0.15, 0.2) is 0 Å². The monoisotopic (exact) mass is 375 g/mol. The van der Waals surface area contributed by atoms with Crippen molar-refractivity contribution in [1.82, 2.24) is 15.5 Å². The Bertz CT molecular complexity index is 1140. The van der Waals surface area contributed by atoms with E-state index in [1.165, 1.54) is 12.1 Å². The normalized spacial score (nSPS) is 12.1. The fourth-order valence-corrected chi connectivity index (χ4v) is 3.14. The number of pyridine rings is 1. The number of nitrogens with one attached hydrogen (secondary N) is 1. The van der Waals surface area contributed by atoms with Crippen LogP contribution in [0.15, 0.2) is 65.2 Å². The minimum Gasteiger partial charge on any atom is -0.345 e. The number of halogens is 1. The Hall–Kier alpha value is -3.54. The summed E-state index contributed by atoms with van der Waals surface area (Å²) in [6, 6.07) is 17.1. The molecule has 2 aromatic carbocycles. The molecule has 0 saturated heterocycles. The minimum atomic E-state index is -0.338. The third-order valence-corrected chi connectivity index (χ3v) is 4.65. The summed E-state index contributed by atoms with van der Waals surface area (Å²) < 4.78 is 18.6. The van der Waals surface area contributed by atoms with Crippen LogP contribution in [-0.2, 0) is 0 Å². The molecule has 2 aromatic heterocycles. The Morgan fingerprint density at radius 1 is 1.11 bits per heavy atom. The number of hydrogen-bond acceptors (Lipinski definition) is 4. The maximum atomic E-state index is 13.3. The van der Waals surface area contributed by atoms with Crippen molar-refractivity contribution in [3.05, 3.63) is 83.3 Å². The van der Waals surface area contributed by atoms with Crippen LogP contribution in [0, 0.1) is 12.7 Å². The summed E-state index contributed by atoms with van der Waals surface area (Å²) in [5.41, 5.74) is 3.49. The Kier molecular flexibility index (Phi) is 4.61. The first-order valence-corrected chi connectivity index (χ1v) is 8.91. The van der Waals surface area contributed by atoms with Crippen molar-refractivity contribution in [2.24, 2.45) is 0 Å². The van der Waals surface area contributed by atoms with Gasteiger partial charge in [-0.15, -0.1) is 0 Å². The molecule has 4 rings (SSSR count). The van der Waals surface area contributed by atoms with Crippen LogP contribution in [0.1, 0.15) is 34.6 Å². The smallest absolute Gasteiger partial charge is 0.259 e. The summed E-state index contributed by atoms with van der Waals surface area (Å²) in [4.78, 5) is 17.5. The molecule has 0 aliphatic rings. The van der Waals surface area contributed by atoms with Gasteiger partial charge in [-0.3, -0.25) is 4.79 Å². The first-order chi connectivity index (χ1) is 13.5. The standard InChI is InChI=1S/C22H18FN3O2/c1-13(15-6-4-3-5-7-15)24-21(27)18-12-19(16-8-10-17(23)11-9-16)25-22-20(18)14(2)26-28-22/h3-13H,1-2H3,(H,24,27). The molecule has 28 heavy (non-hydrogen) atoms. The van der Waals surface area contributed by atoms with Gasteiger partial charge >= 0.3 is 0 Å². The van der Waals surface area contributed by atoms with E-state index in [-0.39, 0.29) is 23.5 Å². The van der Waals surface area contributed by atoms with E-state index >= 15 is 0 Å². The van der Waals surface area contributed by atoms with Gasteiger partial charge in [-0.05, 0) is 49.7 Å². The molecule has 2 heterocycles. The molecular weight excluding hydrogens is 357 g/mol. The number of carbonyl (C=O) groups is 1. The Balaban J connectivity index is 1.75. The summed E-state index contributed by atoms with van der Waals surface area (Å²) in [5, 5.41) is 7.53. The first kappa shape index (κ1) is 17.9. The summed E-state index contributed by atoms with van der Waals surface area (Å²) >= 11 is 0. The molecule has 5 nitrogen and oxygen atoms in total. The molecule has 1 N–H and O–H groups in total. The number of rotatable bonds is 4. The lowest BCUT2D eigenvalue weighted by Gasteiger charge is -2.15. The van der Waals surface area contributed by atoms with E-state index in [1.807, 2.05) is 37.3 Å². The van der Waals surface area contributed by atoms with Crippen molar-refractivity contribution in [3.8, 4) is 11.3 Å². The fraction of sp³-hybridized carbons (Fsp3) is 0.136. The highest BCUT2D eigenvalue weighted by Crippen LogP contribution is 2.27.